The second-order valence-electron chi connectivity index (χ2n) is 7.45. The Balaban J connectivity index is 1.64. The van der Waals surface area contributed by atoms with E-state index in [2.05, 4.69) is 30.5 Å². The Morgan fingerprint density at radius 3 is 2.77 bits per heavy atom. The maximum atomic E-state index is 14.5. The fraction of sp³-hybridized carbons (Fsp3) is 0.286. The molecule has 5 heterocycles. The molecule has 4 aromatic rings. The van der Waals surface area contributed by atoms with Gasteiger partial charge >= 0.3 is 0 Å². The number of H-pyrrole nitrogens is 1. The molecule has 0 aliphatic carbocycles. The SMILES string of the molecule is Cc1cncc(-c2cc3[nH]ncc3c(-c3cccc(C4CNCCC4(F)F)n3)n2)n1. The first kappa shape index (κ1) is 18.7. The quantitative estimate of drug-likeness (QED) is 0.540. The molecule has 2 N–H and O–H groups in total. The minimum Gasteiger partial charge on any atom is -0.316 e. The van der Waals surface area contributed by atoms with E-state index in [0.29, 0.717) is 35.0 Å². The van der Waals surface area contributed by atoms with Crippen LogP contribution in [0.3, 0.4) is 0 Å². The molecule has 0 spiro atoms. The molecule has 1 fully saturated rings. The van der Waals surface area contributed by atoms with E-state index in [0.717, 1.165) is 16.6 Å². The highest BCUT2D eigenvalue weighted by Gasteiger charge is 2.43. The van der Waals surface area contributed by atoms with Crippen molar-refractivity contribution in [1.82, 2.24) is 35.5 Å². The number of pyridine rings is 2. The number of fused-ring (bicyclic) bond motifs is 1. The van der Waals surface area contributed by atoms with Gasteiger partial charge in [0.1, 0.15) is 11.4 Å². The fourth-order valence-corrected chi connectivity index (χ4v) is 3.78. The van der Waals surface area contributed by atoms with Crippen LogP contribution in [0.25, 0.3) is 33.7 Å². The van der Waals surface area contributed by atoms with E-state index in [1.807, 2.05) is 13.0 Å². The minimum atomic E-state index is -2.80. The van der Waals surface area contributed by atoms with Crippen molar-refractivity contribution >= 4 is 10.9 Å². The molecule has 1 saturated heterocycles. The molecule has 4 aromatic heterocycles. The van der Waals surface area contributed by atoms with Crippen LogP contribution < -0.4 is 5.32 Å². The summed E-state index contributed by atoms with van der Waals surface area (Å²) >= 11 is 0. The number of piperidine rings is 1. The molecule has 1 unspecified atom stereocenters. The lowest BCUT2D eigenvalue weighted by atomic mass is 9.91. The molecule has 30 heavy (non-hydrogen) atoms. The molecular formula is C21H19F2N7. The fourth-order valence-electron chi connectivity index (χ4n) is 3.78. The predicted molar refractivity (Wildman–Crippen MR) is 108 cm³/mol. The first-order chi connectivity index (χ1) is 14.5. The third-order valence-corrected chi connectivity index (χ3v) is 5.32. The lowest BCUT2D eigenvalue weighted by molar-refractivity contribution is -0.0490. The summed E-state index contributed by atoms with van der Waals surface area (Å²) in [4.78, 5) is 18.0. The molecular weight excluding hydrogens is 388 g/mol. The molecule has 1 atom stereocenters. The van der Waals surface area contributed by atoms with Crippen LogP contribution in [0.4, 0.5) is 8.78 Å². The van der Waals surface area contributed by atoms with Crippen molar-refractivity contribution in [1.29, 1.82) is 0 Å². The number of aromatic amines is 1. The Labute approximate surface area is 171 Å². The van der Waals surface area contributed by atoms with Crippen molar-refractivity contribution in [3.8, 4) is 22.8 Å². The van der Waals surface area contributed by atoms with Crippen molar-refractivity contribution in [3.05, 3.63) is 54.2 Å². The van der Waals surface area contributed by atoms with E-state index < -0.39 is 11.8 Å². The van der Waals surface area contributed by atoms with Gasteiger partial charge < -0.3 is 5.32 Å². The summed E-state index contributed by atoms with van der Waals surface area (Å²) in [6.07, 6.45) is 4.77. The van der Waals surface area contributed by atoms with E-state index in [9.17, 15) is 8.78 Å². The molecule has 0 radical (unpaired) electrons. The van der Waals surface area contributed by atoms with Gasteiger partial charge in [0.15, 0.2) is 0 Å². The number of hydrogen-bond acceptors (Lipinski definition) is 6. The van der Waals surface area contributed by atoms with Gasteiger partial charge in [-0.25, -0.2) is 18.7 Å². The van der Waals surface area contributed by atoms with Gasteiger partial charge in [-0.15, -0.1) is 0 Å². The highest BCUT2D eigenvalue weighted by molar-refractivity contribution is 5.93. The second kappa shape index (κ2) is 7.17. The van der Waals surface area contributed by atoms with Gasteiger partial charge in [-0.1, -0.05) is 6.07 Å². The number of nitrogens with zero attached hydrogens (tertiary/aromatic N) is 5. The van der Waals surface area contributed by atoms with E-state index in [4.69, 9.17) is 4.98 Å². The van der Waals surface area contributed by atoms with Crippen LogP contribution in [0.1, 0.15) is 23.7 Å². The Kier molecular flexibility index (Phi) is 4.47. The van der Waals surface area contributed by atoms with Crippen LogP contribution in [0, 0.1) is 6.92 Å². The molecule has 5 rings (SSSR count). The average molecular weight is 407 g/mol. The third kappa shape index (κ3) is 3.30. The first-order valence-electron chi connectivity index (χ1n) is 9.70. The minimum absolute atomic E-state index is 0.191. The smallest absolute Gasteiger partial charge is 0.258 e. The number of aromatic nitrogens is 6. The number of alkyl halides is 2. The number of rotatable bonds is 3. The topological polar surface area (TPSA) is 92.3 Å². The average Bonchev–Trinajstić information content (AvgIpc) is 3.21. The molecule has 0 bridgehead atoms. The van der Waals surface area contributed by atoms with Crippen molar-refractivity contribution in [3.63, 3.8) is 0 Å². The van der Waals surface area contributed by atoms with Crippen molar-refractivity contribution in [2.75, 3.05) is 13.1 Å². The van der Waals surface area contributed by atoms with E-state index in [1.165, 1.54) is 0 Å². The zero-order chi connectivity index (χ0) is 20.7. The van der Waals surface area contributed by atoms with Crippen molar-refractivity contribution in [2.45, 2.75) is 25.2 Å². The summed E-state index contributed by atoms with van der Waals surface area (Å²) in [7, 11) is 0. The van der Waals surface area contributed by atoms with Gasteiger partial charge in [0.05, 0.1) is 46.6 Å². The molecule has 0 saturated carbocycles. The normalized spacial score (nSPS) is 18.6. The molecule has 152 valence electrons. The van der Waals surface area contributed by atoms with Gasteiger partial charge in [0.25, 0.3) is 5.92 Å². The van der Waals surface area contributed by atoms with E-state index >= 15 is 0 Å². The second-order valence-corrected chi connectivity index (χ2v) is 7.45. The van der Waals surface area contributed by atoms with Gasteiger partial charge in [0, 0.05) is 31.1 Å². The standard InChI is InChI=1S/C21H19F2N7/c1-12-8-25-11-19(27-12)18-7-17-13(9-26-30-17)20(29-18)16-4-2-3-15(28-16)14-10-24-6-5-21(14,22)23/h2-4,7-9,11,14,24H,5-6,10H2,1H3,(H,26,30). The summed E-state index contributed by atoms with van der Waals surface area (Å²) < 4.78 is 29.0. The number of nitrogens with one attached hydrogen (secondary N) is 2. The van der Waals surface area contributed by atoms with Crippen LogP contribution in [0.15, 0.2) is 42.9 Å². The van der Waals surface area contributed by atoms with E-state index in [1.54, 1.807) is 36.8 Å². The van der Waals surface area contributed by atoms with Crippen molar-refractivity contribution in [2.24, 2.45) is 0 Å². The van der Waals surface area contributed by atoms with Gasteiger partial charge in [0.2, 0.25) is 0 Å². The van der Waals surface area contributed by atoms with Crippen LogP contribution in [-0.2, 0) is 0 Å². The molecule has 0 amide bonds. The highest BCUT2D eigenvalue weighted by Crippen LogP contribution is 2.38. The lowest BCUT2D eigenvalue weighted by Crippen LogP contribution is -2.43. The Morgan fingerprint density at radius 1 is 1.03 bits per heavy atom. The summed E-state index contributed by atoms with van der Waals surface area (Å²) in [6.45, 7) is 2.35. The molecule has 1 aliphatic rings. The van der Waals surface area contributed by atoms with Crippen molar-refractivity contribution < 1.29 is 8.78 Å². The summed E-state index contributed by atoms with van der Waals surface area (Å²) in [5.41, 5.74) is 4.18. The zero-order valence-electron chi connectivity index (χ0n) is 16.2. The maximum Gasteiger partial charge on any atom is 0.258 e. The van der Waals surface area contributed by atoms with Gasteiger partial charge in [-0.05, 0) is 25.1 Å². The summed E-state index contributed by atoms with van der Waals surface area (Å²) in [5.74, 6) is -3.77. The highest BCUT2D eigenvalue weighted by atomic mass is 19.3. The number of hydrogen-bond donors (Lipinski definition) is 2. The third-order valence-electron chi connectivity index (χ3n) is 5.32. The first-order valence-corrected chi connectivity index (χ1v) is 9.70. The Hall–Kier alpha value is -3.33. The number of halogens is 2. The largest absolute Gasteiger partial charge is 0.316 e. The summed E-state index contributed by atoms with van der Waals surface area (Å²) in [6, 6.07) is 7.02. The van der Waals surface area contributed by atoms with Gasteiger partial charge in [-0.2, -0.15) is 5.10 Å². The monoisotopic (exact) mass is 407 g/mol. The van der Waals surface area contributed by atoms with Gasteiger partial charge in [-0.3, -0.25) is 15.1 Å². The number of aryl methyl sites for hydroxylation is 1. The molecule has 9 heteroatoms. The maximum absolute atomic E-state index is 14.5. The Morgan fingerprint density at radius 2 is 1.93 bits per heavy atom. The van der Waals surface area contributed by atoms with E-state index in [-0.39, 0.29) is 13.0 Å². The van der Waals surface area contributed by atoms with Crippen LogP contribution in [0.5, 0.6) is 0 Å². The van der Waals surface area contributed by atoms with Crippen LogP contribution >= 0.6 is 0 Å². The molecule has 0 aromatic carbocycles. The molecule has 7 nitrogen and oxygen atoms in total. The van der Waals surface area contributed by atoms with Crippen LogP contribution in [-0.4, -0.2) is 49.1 Å². The molecule has 1 aliphatic heterocycles. The lowest BCUT2D eigenvalue weighted by Gasteiger charge is -2.31. The van der Waals surface area contributed by atoms with Crippen LogP contribution in [0.2, 0.25) is 0 Å². The summed E-state index contributed by atoms with van der Waals surface area (Å²) in [5, 5.41) is 10.9. The Bertz CT molecular complexity index is 1220. The zero-order valence-corrected chi connectivity index (χ0v) is 16.2. The predicted octanol–water partition coefficient (Wildman–Crippen LogP) is 3.50.